The van der Waals surface area contributed by atoms with E-state index in [1.165, 1.54) is 37.4 Å². The van der Waals surface area contributed by atoms with E-state index in [4.69, 9.17) is 9.15 Å². The van der Waals surface area contributed by atoms with Gasteiger partial charge in [0.25, 0.3) is 5.91 Å². The van der Waals surface area contributed by atoms with Gasteiger partial charge in [-0.2, -0.15) is 0 Å². The van der Waals surface area contributed by atoms with Gasteiger partial charge in [0.1, 0.15) is 16.9 Å². The molecule has 7 heteroatoms. The second kappa shape index (κ2) is 10.4. The molecule has 2 fully saturated rings. The average molecular weight is 529 g/mol. The highest BCUT2D eigenvalue weighted by atomic mass is 32.2. The third-order valence-electron chi connectivity index (χ3n) is 8.26. The Balaban J connectivity index is 1.15. The highest BCUT2D eigenvalue weighted by Crippen LogP contribution is 2.49. The van der Waals surface area contributed by atoms with Crippen molar-refractivity contribution in [2.45, 2.75) is 43.5 Å². The van der Waals surface area contributed by atoms with Crippen molar-refractivity contribution in [2.24, 2.45) is 17.8 Å². The number of carbonyl (C=O) groups is 2. The van der Waals surface area contributed by atoms with Crippen molar-refractivity contribution in [1.82, 2.24) is 5.32 Å². The summed E-state index contributed by atoms with van der Waals surface area (Å²) in [5.74, 6) is 2.79. The van der Waals surface area contributed by atoms with Crippen LogP contribution in [0.3, 0.4) is 0 Å². The standard InChI is InChI=1S/C31H32N2O4S/c1-18(23-14-19-11-12-20(23)13-19)32-30(34)17-38-29-10-6-4-8-22(29)31(35)33-25-16-27-24(15-28(25)36-2)21-7-3-5-9-26(21)37-27/h3-10,15-16,18-20,23H,11-14,17H2,1-2H3,(H,32,34)(H,33,35)/t18-,19+,20+,23+/m1/s1. The van der Waals surface area contributed by atoms with Crippen molar-refractivity contribution in [1.29, 1.82) is 0 Å². The molecule has 0 aliphatic heterocycles. The Bertz CT molecular complexity index is 1510. The minimum Gasteiger partial charge on any atom is -0.495 e. The topological polar surface area (TPSA) is 80.6 Å². The zero-order chi connectivity index (χ0) is 26.2. The number of thioether (sulfide) groups is 1. The second-order valence-electron chi connectivity index (χ2n) is 10.6. The number of methoxy groups -OCH3 is 1. The summed E-state index contributed by atoms with van der Waals surface area (Å²) in [7, 11) is 1.58. The van der Waals surface area contributed by atoms with Gasteiger partial charge in [-0.3, -0.25) is 9.59 Å². The molecule has 2 bridgehead atoms. The van der Waals surface area contributed by atoms with E-state index in [1.807, 2.05) is 48.5 Å². The number of ether oxygens (including phenoxy) is 1. The molecule has 0 spiro atoms. The molecule has 38 heavy (non-hydrogen) atoms. The number of amides is 2. The van der Waals surface area contributed by atoms with E-state index in [1.54, 1.807) is 19.2 Å². The normalized spacial score (nSPS) is 21.1. The maximum Gasteiger partial charge on any atom is 0.256 e. The molecule has 3 aromatic carbocycles. The third kappa shape index (κ3) is 4.75. The molecule has 2 aliphatic rings. The largest absolute Gasteiger partial charge is 0.495 e. The van der Waals surface area contributed by atoms with E-state index < -0.39 is 0 Å². The fraction of sp³-hybridized carbons (Fsp3) is 0.355. The predicted octanol–water partition coefficient (Wildman–Crippen LogP) is 6.88. The number of carbonyl (C=O) groups excluding carboxylic acids is 2. The number of hydrogen-bond donors (Lipinski definition) is 2. The lowest BCUT2D eigenvalue weighted by atomic mass is 9.84. The molecule has 2 N–H and O–H groups in total. The first-order valence-corrected chi connectivity index (χ1v) is 14.3. The van der Waals surface area contributed by atoms with E-state index >= 15 is 0 Å². The summed E-state index contributed by atoms with van der Waals surface area (Å²) in [6.07, 6.45) is 5.23. The minimum absolute atomic E-state index is 0.0116. The highest BCUT2D eigenvalue weighted by molar-refractivity contribution is 8.00. The van der Waals surface area contributed by atoms with E-state index in [2.05, 4.69) is 17.6 Å². The lowest BCUT2D eigenvalue weighted by Gasteiger charge is -2.28. The number of benzene rings is 3. The summed E-state index contributed by atoms with van der Waals surface area (Å²) >= 11 is 1.39. The molecule has 0 unspecified atom stereocenters. The number of fused-ring (bicyclic) bond motifs is 5. The zero-order valence-electron chi connectivity index (χ0n) is 21.7. The van der Waals surface area contributed by atoms with Gasteiger partial charge >= 0.3 is 0 Å². The first-order valence-electron chi connectivity index (χ1n) is 13.3. The van der Waals surface area contributed by atoms with Crippen LogP contribution in [-0.4, -0.2) is 30.7 Å². The molecular weight excluding hydrogens is 496 g/mol. The highest BCUT2D eigenvalue weighted by Gasteiger charge is 2.42. The van der Waals surface area contributed by atoms with Crippen LogP contribution in [0.25, 0.3) is 21.9 Å². The molecule has 4 aromatic rings. The van der Waals surface area contributed by atoms with Crippen molar-refractivity contribution in [3.05, 3.63) is 66.2 Å². The Morgan fingerprint density at radius 2 is 1.84 bits per heavy atom. The second-order valence-corrected chi connectivity index (χ2v) is 11.6. The minimum atomic E-state index is -0.266. The van der Waals surface area contributed by atoms with Gasteiger partial charge in [-0.1, -0.05) is 36.8 Å². The van der Waals surface area contributed by atoms with Gasteiger partial charge < -0.3 is 19.8 Å². The number of furan rings is 1. The third-order valence-corrected chi connectivity index (χ3v) is 9.33. The first kappa shape index (κ1) is 24.9. The van der Waals surface area contributed by atoms with Crippen LogP contribution in [0.4, 0.5) is 5.69 Å². The van der Waals surface area contributed by atoms with Crippen molar-refractivity contribution >= 4 is 51.2 Å². The molecule has 2 aliphatic carbocycles. The fourth-order valence-corrected chi connectivity index (χ4v) is 7.30. The molecule has 2 saturated carbocycles. The zero-order valence-corrected chi connectivity index (χ0v) is 22.5. The fourth-order valence-electron chi connectivity index (χ4n) is 6.44. The van der Waals surface area contributed by atoms with Crippen LogP contribution in [0.1, 0.15) is 43.0 Å². The summed E-state index contributed by atoms with van der Waals surface area (Å²) in [5, 5.41) is 8.13. The number of hydrogen-bond acceptors (Lipinski definition) is 5. The molecule has 6 rings (SSSR count). The summed E-state index contributed by atoms with van der Waals surface area (Å²) in [4.78, 5) is 26.9. The van der Waals surface area contributed by atoms with Crippen LogP contribution in [0.5, 0.6) is 5.75 Å². The van der Waals surface area contributed by atoms with Crippen LogP contribution < -0.4 is 15.4 Å². The van der Waals surface area contributed by atoms with Gasteiger partial charge in [-0.25, -0.2) is 0 Å². The monoisotopic (exact) mass is 528 g/mol. The summed E-state index contributed by atoms with van der Waals surface area (Å²) in [6.45, 7) is 2.14. The van der Waals surface area contributed by atoms with Crippen LogP contribution >= 0.6 is 11.8 Å². The smallest absolute Gasteiger partial charge is 0.256 e. The van der Waals surface area contributed by atoms with E-state index in [0.717, 1.165) is 33.1 Å². The van der Waals surface area contributed by atoms with Gasteiger partial charge in [0.15, 0.2) is 0 Å². The number of rotatable bonds is 8. The maximum absolute atomic E-state index is 13.4. The van der Waals surface area contributed by atoms with Gasteiger partial charge in [-0.05, 0) is 68.2 Å². The molecule has 196 valence electrons. The molecular formula is C31H32N2O4S. The Hall–Kier alpha value is -3.45. The Morgan fingerprint density at radius 3 is 2.63 bits per heavy atom. The van der Waals surface area contributed by atoms with Gasteiger partial charge in [0.2, 0.25) is 5.91 Å². The van der Waals surface area contributed by atoms with Gasteiger partial charge in [0.05, 0.1) is 24.1 Å². The SMILES string of the molecule is COc1cc2c(cc1NC(=O)c1ccccc1SCC(=O)N[C@H](C)[C@@H]1C[C@H]3CC[C@H]1C3)oc1ccccc12. The van der Waals surface area contributed by atoms with E-state index in [9.17, 15) is 9.59 Å². The molecule has 4 atom stereocenters. The molecule has 2 amide bonds. The van der Waals surface area contributed by atoms with Crippen molar-refractivity contribution in [2.75, 3.05) is 18.2 Å². The number of nitrogens with one attached hydrogen (secondary N) is 2. The Labute approximate surface area is 226 Å². The molecule has 1 heterocycles. The van der Waals surface area contributed by atoms with Crippen LogP contribution in [-0.2, 0) is 4.79 Å². The summed E-state index contributed by atoms with van der Waals surface area (Å²) < 4.78 is 11.6. The lowest BCUT2D eigenvalue weighted by molar-refractivity contribution is -0.119. The predicted molar refractivity (Wildman–Crippen MR) is 152 cm³/mol. The summed E-state index contributed by atoms with van der Waals surface area (Å²) in [5.41, 5.74) is 2.49. The first-order chi connectivity index (χ1) is 18.5. The van der Waals surface area contributed by atoms with Crippen molar-refractivity contribution < 1.29 is 18.7 Å². The molecule has 1 aromatic heterocycles. The van der Waals surface area contributed by atoms with Crippen LogP contribution in [0.2, 0.25) is 0 Å². The maximum atomic E-state index is 13.4. The van der Waals surface area contributed by atoms with Crippen molar-refractivity contribution in [3.63, 3.8) is 0 Å². The van der Waals surface area contributed by atoms with E-state index in [0.29, 0.717) is 28.5 Å². The Morgan fingerprint density at radius 1 is 1.03 bits per heavy atom. The van der Waals surface area contributed by atoms with Crippen LogP contribution in [0, 0.1) is 17.8 Å². The quantitative estimate of drug-likeness (QED) is 0.244. The van der Waals surface area contributed by atoms with Crippen molar-refractivity contribution in [3.8, 4) is 5.75 Å². The number of para-hydroxylation sites is 1. The molecule has 0 radical (unpaired) electrons. The lowest BCUT2D eigenvalue weighted by Crippen LogP contribution is -2.40. The molecule has 0 saturated heterocycles. The van der Waals surface area contributed by atoms with Gasteiger partial charge in [-0.15, -0.1) is 11.8 Å². The molecule has 6 nitrogen and oxygen atoms in total. The summed E-state index contributed by atoms with van der Waals surface area (Å²) in [6, 6.07) is 19.1. The van der Waals surface area contributed by atoms with Gasteiger partial charge in [0, 0.05) is 27.8 Å². The Kier molecular flexibility index (Phi) is 6.78. The average Bonchev–Trinajstić information content (AvgIpc) is 3.66. The van der Waals surface area contributed by atoms with E-state index in [-0.39, 0.29) is 23.6 Å². The number of anilines is 1. The van der Waals surface area contributed by atoms with Crippen LogP contribution in [0.15, 0.2) is 70.0 Å².